The first-order valence-corrected chi connectivity index (χ1v) is 7.23. The lowest BCUT2D eigenvalue weighted by Crippen LogP contribution is -2.48. The fraction of sp³-hybridized carbons (Fsp3) is 1.00. The van der Waals surface area contributed by atoms with E-state index in [1.165, 1.54) is 38.5 Å². The van der Waals surface area contributed by atoms with Gasteiger partial charge in [-0.3, -0.25) is 4.90 Å². The van der Waals surface area contributed by atoms with Crippen molar-refractivity contribution >= 4 is 0 Å². The maximum atomic E-state index is 6.12. The van der Waals surface area contributed by atoms with E-state index in [2.05, 4.69) is 18.7 Å². The summed E-state index contributed by atoms with van der Waals surface area (Å²) in [7, 11) is 1.79. The number of rotatable bonds is 7. The highest BCUT2D eigenvalue weighted by Crippen LogP contribution is 2.25. The Bertz CT molecular complexity index is 195. The molecule has 1 fully saturated rings. The van der Waals surface area contributed by atoms with Gasteiger partial charge in [-0.15, -0.1) is 0 Å². The number of hydrogen-bond acceptors (Lipinski definition) is 3. The summed E-state index contributed by atoms with van der Waals surface area (Å²) in [6, 6.07) is 1.78. The van der Waals surface area contributed by atoms with Crippen molar-refractivity contribution in [2.45, 2.75) is 70.5 Å². The van der Waals surface area contributed by atoms with Crippen molar-refractivity contribution in [1.29, 1.82) is 0 Å². The number of hydrogen-bond donors (Lipinski definition) is 1. The van der Waals surface area contributed by atoms with Gasteiger partial charge in [0.2, 0.25) is 0 Å². The molecule has 0 aromatic heterocycles. The summed E-state index contributed by atoms with van der Waals surface area (Å²) in [5.41, 5.74) is 6.12. The third-order valence-electron chi connectivity index (χ3n) is 4.12. The molecule has 1 saturated carbocycles. The van der Waals surface area contributed by atoms with E-state index in [9.17, 15) is 0 Å². The average molecular weight is 242 g/mol. The molecule has 2 N–H and O–H groups in total. The molecule has 17 heavy (non-hydrogen) atoms. The molecule has 0 saturated heterocycles. The van der Waals surface area contributed by atoms with Crippen LogP contribution in [0.4, 0.5) is 0 Å². The van der Waals surface area contributed by atoms with Crippen LogP contribution in [0.2, 0.25) is 0 Å². The van der Waals surface area contributed by atoms with E-state index in [-0.39, 0.29) is 0 Å². The molecule has 3 heteroatoms. The van der Waals surface area contributed by atoms with Crippen molar-refractivity contribution in [1.82, 2.24) is 4.90 Å². The van der Waals surface area contributed by atoms with E-state index < -0.39 is 0 Å². The molecule has 0 bridgehead atoms. The van der Waals surface area contributed by atoms with Crippen molar-refractivity contribution in [3.8, 4) is 0 Å². The topological polar surface area (TPSA) is 38.5 Å². The Kier molecular flexibility index (Phi) is 7.09. The lowest BCUT2D eigenvalue weighted by atomic mass is 9.89. The molecule has 102 valence electrons. The van der Waals surface area contributed by atoms with Gasteiger partial charge in [0.15, 0.2) is 0 Å². The Morgan fingerprint density at radius 3 is 2.53 bits per heavy atom. The first-order valence-electron chi connectivity index (χ1n) is 7.23. The molecule has 3 nitrogen and oxygen atoms in total. The Morgan fingerprint density at radius 1 is 1.29 bits per heavy atom. The monoisotopic (exact) mass is 242 g/mol. The van der Waals surface area contributed by atoms with Crippen LogP contribution in [0.5, 0.6) is 0 Å². The van der Waals surface area contributed by atoms with Gasteiger partial charge in [-0.2, -0.15) is 0 Å². The van der Waals surface area contributed by atoms with Crippen LogP contribution < -0.4 is 5.73 Å². The standard InChI is InChI=1S/C14H30N2O/c1-4-13(5-2)16(9-10-17-3)14-8-6-7-12(15)11-14/h12-14H,4-11,15H2,1-3H3. The summed E-state index contributed by atoms with van der Waals surface area (Å²) in [5, 5.41) is 0. The molecule has 0 radical (unpaired) electrons. The second kappa shape index (κ2) is 8.06. The number of methoxy groups -OCH3 is 1. The third kappa shape index (κ3) is 4.57. The highest BCUT2D eigenvalue weighted by Gasteiger charge is 2.28. The SMILES string of the molecule is CCC(CC)N(CCOC)C1CCCC(N)C1. The summed E-state index contributed by atoms with van der Waals surface area (Å²) in [6.45, 7) is 6.47. The average Bonchev–Trinajstić information content (AvgIpc) is 2.34. The normalized spacial score (nSPS) is 25.8. The molecule has 1 aliphatic carbocycles. The van der Waals surface area contributed by atoms with Gasteiger partial charge >= 0.3 is 0 Å². The van der Waals surface area contributed by atoms with Crippen LogP contribution in [-0.2, 0) is 4.74 Å². The summed E-state index contributed by atoms with van der Waals surface area (Å²) >= 11 is 0. The van der Waals surface area contributed by atoms with Crippen molar-refractivity contribution in [2.75, 3.05) is 20.3 Å². The molecule has 0 amide bonds. The number of ether oxygens (including phenoxy) is 1. The fourth-order valence-corrected chi connectivity index (χ4v) is 3.12. The zero-order chi connectivity index (χ0) is 12.7. The number of nitrogens with zero attached hydrogens (tertiary/aromatic N) is 1. The fourth-order valence-electron chi connectivity index (χ4n) is 3.12. The smallest absolute Gasteiger partial charge is 0.0589 e. The molecule has 2 atom stereocenters. The Morgan fingerprint density at radius 2 is 2.00 bits per heavy atom. The zero-order valence-electron chi connectivity index (χ0n) is 11.8. The largest absolute Gasteiger partial charge is 0.383 e. The quantitative estimate of drug-likeness (QED) is 0.745. The van der Waals surface area contributed by atoms with Gasteiger partial charge in [0.1, 0.15) is 0 Å². The molecule has 0 spiro atoms. The Balaban J connectivity index is 2.59. The van der Waals surface area contributed by atoms with Gasteiger partial charge in [0.05, 0.1) is 6.61 Å². The maximum absolute atomic E-state index is 6.12. The van der Waals surface area contributed by atoms with Crippen LogP contribution in [0.25, 0.3) is 0 Å². The summed E-state index contributed by atoms with van der Waals surface area (Å²) in [4.78, 5) is 2.66. The van der Waals surface area contributed by atoms with Gasteiger partial charge in [-0.25, -0.2) is 0 Å². The minimum atomic E-state index is 0.410. The molecule has 0 aromatic carbocycles. The van der Waals surface area contributed by atoms with Crippen LogP contribution in [0.1, 0.15) is 52.4 Å². The lowest BCUT2D eigenvalue weighted by Gasteiger charge is -2.41. The molecule has 1 aliphatic rings. The Labute approximate surface area is 107 Å². The van der Waals surface area contributed by atoms with E-state index in [1.807, 2.05) is 0 Å². The third-order valence-corrected chi connectivity index (χ3v) is 4.12. The summed E-state index contributed by atoms with van der Waals surface area (Å²) < 4.78 is 5.26. The van der Waals surface area contributed by atoms with Crippen LogP contribution >= 0.6 is 0 Å². The first-order chi connectivity index (χ1) is 8.22. The van der Waals surface area contributed by atoms with Crippen molar-refractivity contribution < 1.29 is 4.74 Å². The van der Waals surface area contributed by atoms with Gasteiger partial charge in [0, 0.05) is 31.8 Å². The van der Waals surface area contributed by atoms with E-state index >= 15 is 0 Å². The van der Waals surface area contributed by atoms with Crippen molar-refractivity contribution in [3.63, 3.8) is 0 Å². The van der Waals surface area contributed by atoms with Crippen molar-refractivity contribution in [3.05, 3.63) is 0 Å². The molecule has 0 aromatic rings. The van der Waals surface area contributed by atoms with Gasteiger partial charge in [-0.1, -0.05) is 20.3 Å². The predicted molar refractivity (Wildman–Crippen MR) is 73.2 cm³/mol. The summed E-state index contributed by atoms with van der Waals surface area (Å²) in [5.74, 6) is 0. The van der Waals surface area contributed by atoms with Crippen LogP contribution in [0.3, 0.4) is 0 Å². The second-order valence-electron chi connectivity index (χ2n) is 5.28. The number of nitrogens with two attached hydrogens (primary N) is 1. The maximum Gasteiger partial charge on any atom is 0.0589 e. The molecular weight excluding hydrogens is 212 g/mol. The minimum absolute atomic E-state index is 0.410. The lowest BCUT2D eigenvalue weighted by molar-refractivity contribution is 0.0595. The van der Waals surface area contributed by atoms with Gasteiger partial charge in [0.25, 0.3) is 0 Å². The van der Waals surface area contributed by atoms with E-state index in [0.29, 0.717) is 18.1 Å². The van der Waals surface area contributed by atoms with Crippen LogP contribution in [0, 0.1) is 0 Å². The molecule has 0 aliphatic heterocycles. The van der Waals surface area contributed by atoms with Crippen LogP contribution in [-0.4, -0.2) is 43.3 Å². The van der Waals surface area contributed by atoms with E-state index in [0.717, 1.165) is 13.2 Å². The van der Waals surface area contributed by atoms with E-state index in [1.54, 1.807) is 7.11 Å². The van der Waals surface area contributed by atoms with Gasteiger partial charge in [-0.05, 0) is 32.1 Å². The molecule has 2 unspecified atom stereocenters. The Hall–Kier alpha value is -0.120. The molecule has 0 heterocycles. The van der Waals surface area contributed by atoms with E-state index in [4.69, 9.17) is 10.5 Å². The van der Waals surface area contributed by atoms with Gasteiger partial charge < -0.3 is 10.5 Å². The highest BCUT2D eigenvalue weighted by molar-refractivity contribution is 4.85. The van der Waals surface area contributed by atoms with Crippen molar-refractivity contribution in [2.24, 2.45) is 5.73 Å². The predicted octanol–water partition coefficient (Wildman–Crippen LogP) is 2.39. The molecule has 1 rings (SSSR count). The summed E-state index contributed by atoms with van der Waals surface area (Å²) in [6.07, 6.45) is 7.43. The first kappa shape index (κ1) is 14.9. The highest BCUT2D eigenvalue weighted by atomic mass is 16.5. The zero-order valence-corrected chi connectivity index (χ0v) is 11.8. The molecular formula is C14H30N2O. The van der Waals surface area contributed by atoms with Crippen LogP contribution in [0.15, 0.2) is 0 Å². The minimum Gasteiger partial charge on any atom is -0.383 e. The second-order valence-corrected chi connectivity index (χ2v) is 5.28.